The van der Waals surface area contributed by atoms with E-state index in [4.69, 9.17) is 17.3 Å². The Labute approximate surface area is 173 Å². The number of nitrogens with zero attached hydrogens (tertiary/aromatic N) is 2. The number of thioether (sulfide) groups is 1. The number of aliphatic carboxylic acids is 1. The number of non-ortho nitro benzene ring substituents is 1. The molecular weight excluding hydrogens is 420 g/mol. The van der Waals surface area contributed by atoms with Gasteiger partial charge in [-0.15, -0.1) is 11.3 Å². The predicted octanol–water partition coefficient (Wildman–Crippen LogP) is 4.39. The van der Waals surface area contributed by atoms with Crippen molar-refractivity contribution in [1.82, 2.24) is 4.90 Å². The highest BCUT2D eigenvalue weighted by atomic mass is 32.2. The zero-order valence-electron chi connectivity index (χ0n) is 14.4. The first kappa shape index (κ1) is 20.2. The van der Waals surface area contributed by atoms with E-state index in [0.29, 0.717) is 15.6 Å². The van der Waals surface area contributed by atoms with Gasteiger partial charge in [0.15, 0.2) is 0 Å². The van der Waals surface area contributed by atoms with Gasteiger partial charge in [0.05, 0.1) is 9.83 Å². The molecule has 0 saturated carbocycles. The first-order valence-corrected chi connectivity index (χ1v) is 10.2. The van der Waals surface area contributed by atoms with Gasteiger partial charge < -0.3 is 5.11 Å². The molecule has 1 aliphatic heterocycles. The van der Waals surface area contributed by atoms with Gasteiger partial charge in [-0.2, -0.15) is 0 Å². The standard InChI is InChI=1S/C18H14N2O5S3/c21-16(22)5-2-8-19-17(23)15(28-18(19)26)10-13-6-7-14(27-13)11-3-1-4-12(9-11)20(24)25/h1,3-4,6-7,9-10H,2,5,8H2,(H,21,22)/b15-10+. The van der Waals surface area contributed by atoms with E-state index in [2.05, 4.69) is 0 Å². The van der Waals surface area contributed by atoms with Crippen molar-refractivity contribution in [3.63, 3.8) is 0 Å². The zero-order chi connectivity index (χ0) is 20.3. The molecule has 2 heterocycles. The van der Waals surface area contributed by atoms with E-state index in [0.717, 1.165) is 15.3 Å². The Morgan fingerprint density at radius 2 is 2.11 bits per heavy atom. The van der Waals surface area contributed by atoms with E-state index in [9.17, 15) is 19.7 Å². The van der Waals surface area contributed by atoms with Crippen molar-refractivity contribution in [2.45, 2.75) is 12.8 Å². The lowest BCUT2D eigenvalue weighted by Crippen LogP contribution is -2.29. The van der Waals surface area contributed by atoms with Crippen molar-refractivity contribution >= 4 is 63.3 Å². The van der Waals surface area contributed by atoms with Gasteiger partial charge in [-0.3, -0.25) is 24.6 Å². The Balaban J connectivity index is 1.75. The molecule has 0 spiro atoms. The lowest BCUT2D eigenvalue weighted by molar-refractivity contribution is -0.384. The second-order valence-electron chi connectivity index (χ2n) is 5.84. The summed E-state index contributed by atoms with van der Waals surface area (Å²) >= 11 is 7.83. The van der Waals surface area contributed by atoms with Crippen LogP contribution >= 0.6 is 35.3 Å². The molecule has 0 unspecified atom stereocenters. The Kier molecular flexibility index (Phi) is 6.22. The van der Waals surface area contributed by atoms with Crippen molar-refractivity contribution in [3.8, 4) is 10.4 Å². The summed E-state index contributed by atoms with van der Waals surface area (Å²) in [6.07, 6.45) is 2.06. The molecular formula is C18H14N2O5S3. The number of carbonyl (C=O) groups is 2. The molecule has 10 heteroatoms. The largest absolute Gasteiger partial charge is 0.481 e. The van der Waals surface area contributed by atoms with E-state index < -0.39 is 10.9 Å². The van der Waals surface area contributed by atoms with Crippen molar-refractivity contribution in [3.05, 3.63) is 56.3 Å². The summed E-state index contributed by atoms with van der Waals surface area (Å²) in [5, 5.41) is 19.7. The highest BCUT2D eigenvalue weighted by Crippen LogP contribution is 2.36. The SMILES string of the molecule is O=C(O)CCCN1C(=O)/C(=C\c2ccc(-c3cccc([N+](=O)[O-])c3)s2)SC1=S. The Hall–Kier alpha value is -2.56. The fourth-order valence-corrected chi connectivity index (χ4v) is 4.89. The van der Waals surface area contributed by atoms with Crippen LogP contribution in [0.3, 0.4) is 0 Å². The van der Waals surface area contributed by atoms with Crippen molar-refractivity contribution in [1.29, 1.82) is 0 Å². The molecule has 0 aliphatic carbocycles. The highest BCUT2D eigenvalue weighted by Gasteiger charge is 2.31. The zero-order valence-corrected chi connectivity index (χ0v) is 16.8. The predicted molar refractivity (Wildman–Crippen MR) is 113 cm³/mol. The van der Waals surface area contributed by atoms with E-state index in [-0.39, 0.29) is 24.6 Å². The molecule has 1 aliphatic rings. The van der Waals surface area contributed by atoms with Crippen molar-refractivity contribution < 1.29 is 19.6 Å². The number of hydrogen-bond acceptors (Lipinski definition) is 7. The van der Waals surface area contributed by atoms with Crippen molar-refractivity contribution in [2.24, 2.45) is 0 Å². The van der Waals surface area contributed by atoms with Crippen LogP contribution in [0, 0.1) is 10.1 Å². The van der Waals surface area contributed by atoms with Gasteiger partial charge in [0.1, 0.15) is 4.32 Å². The minimum absolute atomic E-state index is 0.0202. The summed E-state index contributed by atoms with van der Waals surface area (Å²) in [6, 6.07) is 10.1. The van der Waals surface area contributed by atoms with Gasteiger partial charge in [-0.1, -0.05) is 36.1 Å². The maximum Gasteiger partial charge on any atom is 0.303 e. The Morgan fingerprint density at radius 3 is 2.82 bits per heavy atom. The van der Waals surface area contributed by atoms with E-state index in [1.165, 1.54) is 40.1 Å². The van der Waals surface area contributed by atoms with E-state index in [1.54, 1.807) is 18.2 Å². The van der Waals surface area contributed by atoms with Crippen molar-refractivity contribution in [2.75, 3.05) is 6.54 Å². The average molecular weight is 435 g/mol. The number of nitro groups is 1. The number of rotatable bonds is 7. The summed E-state index contributed by atoms with van der Waals surface area (Å²) in [6.45, 7) is 0.275. The molecule has 1 N–H and O–H groups in total. The number of carboxylic acid groups (broad SMARTS) is 1. The highest BCUT2D eigenvalue weighted by molar-refractivity contribution is 8.26. The summed E-state index contributed by atoms with van der Waals surface area (Å²) in [5.41, 5.74) is 0.759. The van der Waals surface area contributed by atoms with Gasteiger partial charge in [0.25, 0.3) is 11.6 Å². The molecule has 1 aromatic heterocycles. The Morgan fingerprint density at radius 1 is 1.32 bits per heavy atom. The lowest BCUT2D eigenvalue weighted by Gasteiger charge is -2.13. The molecule has 0 bridgehead atoms. The lowest BCUT2D eigenvalue weighted by atomic mass is 10.2. The number of hydrogen-bond donors (Lipinski definition) is 1. The average Bonchev–Trinajstić information content (AvgIpc) is 3.22. The minimum atomic E-state index is -0.909. The van der Waals surface area contributed by atoms with Crippen LogP contribution in [0.25, 0.3) is 16.5 Å². The number of carboxylic acids is 1. The molecule has 0 atom stereocenters. The monoisotopic (exact) mass is 434 g/mol. The maximum absolute atomic E-state index is 12.5. The molecule has 28 heavy (non-hydrogen) atoms. The van der Waals surface area contributed by atoms with Crippen LogP contribution in [0.4, 0.5) is 5.69 Å². The normalized spacial score (nSPS) is 15.4. The molecule has 7 nitrogen and oxygen atoms in total. The van der Waals surface area contributed by atoms with Crippen LogP contribution in [0.2, 0.25) is 0 Å². The third-order valence-corrected chi connectivity index (χ3v) is 6.35. The first-order valence-electron chi connectivity index (χ1n) is 8.17. The molecule has 3 rings (SSSR count). The molecule has 1 fully saturated rings. The van der Waals surface area contributed by atoms with E-state index in [1.807, 2.05) is 12.1 Å². The number of thiophene rings is 1. The number of carbonyl (C=O) groups excluding carboxylic acids is 1. The molecule has 1 saturated heterocycles. The molecule has 0 radical (unpaired) electrons. The molecule has 144 valence electrons. The number of nitro benzene ring substituents is 1. The first-order chi connectivity index (χ1) is 13.3. The summed E-state index contributed by atoms with van der Waals surface area (Å²) in [4.78, 5) is 37.2. The maximum atomic E-state index is 12.5. The van der Waals surface area contributed by atoms with Crippen LogP contribution in [-0.2, 0) is 9.59 Å². The van der Waals surface area contributed by atoms with E-state index >= 15 is 0 Å². The smallest absolute Gasteiger partial charge is 0.303 e. The van der Waals surface area contributed by atoms with Gasteiger partial charge in [0.2, 0.25) is 0 Å². The Bertz CT molecular complexity index is 999. The van der Waals surface area contributed by atoms with Crippen LogP contribution in [0.15, 0.2) is 41.3 Å². The summed E-state index contributed by atoms with van der Waals surface area (Å²) in [5.74, 6) is -1.14. The second-order valence-corrected chi connectivity index (χ2v) is 8.63. The third kappa shape index (κ3) is 4.64. The van der Waals surface area contributed by atoms with Crippen LogP contribution in [0.5, 0.6) is 0 Å². The minimum Gasteiger partial charge on any atom is -0.481 e. The van der Waals surface area contributed by atoms with Crippen LogP contribution in [-0.4, -0.2) is 37.7 Å². The van der Waals surface area contributed by atoms with Gasteiger partial charge in [0, 0.05) is 34.9 Å². The summed E-state index contributed by atoms with van der Waals surface area (Å²) < 4.78 is 0.414. The fraction of sp³-hybridized carbons (Fsp3) is 0.167. The number of benzene rings is 1. The summed E-state index contributed by atoms with van der Waals surface area (Å²) in [7, 11) is 0. The quantitative estimate of drug-likeness (QED) is 0.298. The third-order valence-electron chi connectivity index (χ3n) is 3.89. The second kappa shape index (κ2) is 8.63. The number of thiocarbonyl (C=S) groups is 1. The number of amides is 1. The topological polar surface area (TPSA) is 101 Å². The van der Waals surface area contributed by atoms with Gasteiger partial charge >= 0.3 is 5.97 Å². The molecule has 1 aromatic carbocycles. The van der Waals surface area contributed by atoms with Gasteiger partial charge in [-0.25, -0.2) is 0 Å². The van der Waals surface area contributed by atoms with Crippen LogP contribution in [0.1, 0.15) is 17.7 Å². The molecule has 1 amide bonds. The van der Waals surface area contributed by atoms with Gasteiger partial charge in [-0.05, 0) is 30.2 Å². The van der Waals surface area contributed by atoms with Crippen LogP contribution < -0.4 is 0 Å². The fourth-order valence-electron chi connectivity index (χ4n) is 2.57. The molecule has 2 aromatic rings.